The second-order valence-electron chi connectivity index (χ2n) is 5.58. The zero-order valence-corrected chi connectivity index (χ0v) is 18.7. The second-order valence-corrected chi connectivity index (χ2v) is 5.58. The van der Waals surface area contributed by atoms with Crippen molar-refractivity contribution >= 4 is 35.8 Å². The lowest BCUT2D eigenvalue weighted by Crippen LogP contribution is -2.37. The first-order valence-corrected chi connectivity index (χ1v) is 9.06. The van der Waals surface area contributed by atoms with Gasteiger partial charge in [0.15, 0.2) is 5.96 Å². The molecule has 2 N–H and O–H groups in total. The average Bonchev–Trinajstić information content (AvgIpc) is 2.65. The Balaban J connectivity index is 0.00000625. The molecule has 0 atom stereocenters. The maximum absolute atomic E-state index is 12.3. The third-order valence-electron chi connectivity index (χ3n) is 3.90. The highest BCUT2D eigenvalue weighted by atomic mass is 127. The summed E-state index contributed by atoms with van der Waals surface area (Å²) in [5.74, 6) is 0.844. The highest BCUT2D eigenvalue weighted by molar-refractivity contribution is 14.0. The second kappa shape index (κ2) is 14.8. The molecule has 0 radical (unpaired) electrons. The van der Waals surface area contributed by atoms with Crippen molar-refractivity contribution in [2.75, 3.05) is 39.9 Å². The Labute approximate surface area is 174 Å². The van der Waals surface area contributed by atoms with E-state index < -0.39 is 0 Å². The summed E-state index contributed by atoms with van der Waals surface area (Å²) in [5, 5.41) is 6.53. The number of guanidine groups is 1. The van der Waals surface area contributed by atoms with Gasteiger partial charge in [0.1, 0.15) is 0 Å². The fraction of sp³-hybridized carbons (Fsp3) is 0.579. The van der Waals surface area contributed by atoms with Gasteiger partial charge < -0.3 is 20.3 Å². The van der Waals surface area contributed by atoms with E-state index >= 15 is 0 Å². The van der Waals surface area contributed by atoms with Crippen molar-refractivity contribution in [3.05, 3.63) is 35.4 Å². The zero-order chi connectivity index (χ0) is 18.5. The van der Waals surface area contributed by atoms with Crippen molar-refractivity contribution < 1.29 is 9.53 Å². The molecule has 0 heterocycles. The van der Waals surface area contributed by atoms with Crippen LogP contribution in [0.5, 0.6) is 0 Å². The van der Waals surface area contributed by atoms with Crippen LogP contribution in [-0.2, 0) is 11.3 Å². The predicted molar refractivity (Wildman–Crippen MR) is 118 cm³/mol. The number of aliphatic imine (C=N–C) groups is 1. The number of ether oxygens (including phenoxy) is 1. The predicted octanol–water partition coefficient (Wildman–Crippen LogP) is 2.88. The molecule has 0 bridgehead atoms. The Morgan fingerprint density at radius 2 is 1.77 bits per heavy atom. The molecule has 1 amide bonds. The van der Waals surface area contributed by atoms with Crippen molar-refractivity contribution in [3.8, 4) is 0 Å². The molecule has 0 saturated carbocycles. The SMILES string of the molecule is CCOCCCNC(=NC)NCc1ccc(C(=O)N(CC)CC)cc1.I. The van der Waals surface area contributed by atoms with Gasteiger partial charge in [0.05, 0.1) is 0 Å². The van der Waals surface area contributed by atoms with Crippen LogP contribution in [0.25, 0.3) is 0 Å². The van der Waals surface area contributed by atoms with Crippen LogP contribution in [0.4, 0.5) is 0 Å². The van der Waals surface area contributed by atoms with Gasteiger partial charge in [0.25, 0.3) is 5.91 Å². The van der Waals surface area contributed by atoms with Crippen LogP contribution in [0.2, 0.25) is 0 Å². The molecule has 7 heteroatoms. The van der Waals surface area contributed by atoms with E-state index in [1.54, 1.807) is 7.05 Å². The Hall–Kier alpha value is -1.35. The highest BCUT2D eigenvalue weighted by Crippen LogP contribution is 2.08. The van der Waals surface area contributed by atoms with Crippen molar-refractivity contribution in [2.45, 2.75) is 33.7 Å². The van der Waals surface area contributed by atoms with Crippen molar-refractivity contribution in [1.29, 1.82) is 0 Å². The maximum Gasteiger partial charge on any atom is 0.253 e. The fourth-order valence-electron chi connectivity index (χ4n) is 2.39. The average molecular weight is 476 g/mol. The monoisotopic (exact) mass is 476 g/mol. The lowest BCUT2D eigenvalue weighted by Gasteiger charge is -2.18. The van der Waals surface area contributed by atoms with Crippen LogP contribution < -0.4 is 10.6 Å². The van der Waals surface area contributed by atoms with E-state index in [1.807, 2.05) is 49.9 Å². The first-order chi connectivity index (χ1) is 12.2. The van der Waals surface area contributed by atoms with E-state index in [0.717, 1.165) is 56.4 Å². The van der Waals surface area contributed by atoms with Crippen molar-refractivity contribution in [2.24, 2.45) is 4.99 Å². The third kappa shape index (κ3) is 8.84. The number of nitrogens with zero attached hydrogens (tertiary/aromatic N) is 2. The number of benzene rings is 1. The van der Waals surface area contributed by atoms with Gasteiger partial charge in [-0.2, -0.15) is 0 Å². The number of nitrogens with one attached hydrogen (secondary N) is 2. The minimum absolute atomic E-state index is 0. The Morgan fingerprint density at radius 1 is 1.12 bits per heavy atom. The number of rotatable bonds is 10. The molecule has 1 aromatic carbocycles. The number of carbonyl (C=O) groups excluding carboxylic acids is 1. The van der Waals surface area contributed by atoms with Gasteiger partial charge >= 0.3 is 0 Å². The van der Waals surface area contributed by atoms with Crippen molar-refractivity contribution in [1.82, 2.24) is 15.5 Å². The molecule has 6 nitrogen and oxygen atoms in total. The number of hydrogen-bond donors (Lipinski definition) is 2. The Bertz CT molecular complexity index is 531. The first kappa shape index (κ1) is 24.7. The molecule has 0 spiro atoms. The molecule has 0 aliphatic rings. The summed E-state index contributed by atoms with van der Waals surface area (Å²) in [4.78, 5) is 18.3. The van der Waals surface area contributed by atoms with Gasteiger partial charge in [-0.15, -0.1) is 24.0 Å². The van der Waals surface area contributed by atoms with Crippen LogP contribution in [-0.4, -0.2) is 56.7 Å². The quantitative estimate of drug-likeness (QED) is 0.236. The molecule has 0 aliphatic carbocycles. The lowest BCUT2D eigenvalue weighted by atomic mass is 10.1. The topological polar surface area (TPSA) is 66.0 Å². The Morgan fingerprint density at radius 3 is 2.31 bits per heavy atom. The van der Waals surface area contributed by atoms with Gasteiger partial charge in [-0.1, -0.05) is 12.1 Å². The van der Waals surface area contributed by atoms with E-state index in [4.69, 9.17) is 4.74 Å². The molecular weight excluding hydrogens is 443 g/mol. The van der Waals surface area contributed by atoms with Crippen LogP contribution in [0.1, 0.15) is 43.1 Å². The van der Waals surface area contributed by atoms with E-state index in [2.05, 4.69) is 15.6 Å². The van der Waals surface area contributed by atoms with E-state index in [0.29, 0.717) is 6.54 Å². The standard InChI is InChI=1S/C19H32N4O2.HI/c1-5-23(6-2)18(24)17-11-9-16(10-12-17)15-22-19(20-4)21-13-8-14-25-7-3;/h9-12H,5-8,13-15H2,1-4H3,(H2,20,21,22);1H. The number of amides is 1. The third-order valence-corrected chi connectivity index (χ3v) is 3.90. The maximum atomic E-state index is 12.3. The van der Waals surface area contributed by atoms with Crippen LogP contribution >= 0.6 is 24.0 Å². The van der Waals surface area contributed by atoms with Gasteiger partial charge in [0, 0.05) is 52.0 Å². The van der Waals surface area contributed by atoms with E-state index in [9.17, 15) is 4.79 Å². The number of hydrogen-bond acceptors (Lipinski definition) is 3. The molecule has 1 rings (SSSR count). The summed E-state index contributed by atoms with van der Waals surface area (Å²) < 4.78 is 5.31. The summed E-state index contributed by atoms with van der Waals surface area (Å²) in [5.41, 5.74) is 1.83. The molecule has 0 aliphatic heterocycles. The largest absolute Gasteiger partial charge is 0.382 e. The summed E-state index contributed by atoms with van der Waals surface area (Å²) in [6.45, 7) is 10.4. The van der Waals surface area contributed by atoms with E-state index in [1.165, 1.54) is 0 Å². The van der Waals surface area contributed by atoms with Gasteiger partial charge in [-0.25, -0.2) is 0 Å². The van der Waals surface area contributed by atoms with Gasteiger partial charge in [-0.05, 0) is 44.9 Å². The zero-order valence-electron chi connectivity index (χ0n) is 16.4. The molecule has 1 aromatic rings. The smallest absolute Gasteiger partial charge is 0.253 e. The molecule has 26 heavy (non-hydrogen) atoms. The summed E-state index contributed by atoms with van der Waals surface area (Å²) in [6.07, 6.45) is 0.941. The van der Waals surface area contributed by atoms with Gasteiger partial charge in [-0.3, -0.25) is 9.79 Å². The van der Waals surface area contributed by atoms with Crippen LogP contribution in [0, 0.1) is 0 Å². The lowest BCUT2D eigenvalue weighted by molar-refractivity contribution is 0.0773. The minimum Gasteiger partial charge on any atom is -0.382 e. The minimum atomic E-state index is 0. The number of carbonyl (C=O) groups is 1. The summed E-state index contributed by atoms with van der Waals surface area (Å²) in [6, 6.07) is 7.73. The summed E-state index contributed by atoms with van der Waals surface area (Å²) >= 11 is 0. The summed E-state index contributed by atoms with van der Waals surface area (Å²) in [7, 11) is 1.75. The first-order valence-electron chi connectivity index (χ1n) is 9.06. The molecular formula is C19H33IN4O2. The fourth-order valence-corrected chi connectivity index (χ4v) is 2.39. The van der Waals surface area contributed by atoms with Crippen LogP contribution in [0.15, 0.2) is 29.3 Å². The van der Waals surface area contributed by atoms with E-state index in [-0.39, 0.29) is 29.9 Å². The normalized spacial score (nSPS) is 10.8. The highest BCUT2D eigenvalue weighted by Gasteiger charge is 2.11. The molecule has 0 saturated heterocycles. The molecule has 0 aromatic heterocycles. The molecule has 148 valence electrons. The van der Waals surface area contributed by atoms with Crippen molar-refractivity contribution in [3.63, 3.8) is 0 Å². The number of halogens is 1. The van der Waals surface area contributed by atoms with Crippen LogP contribution in [0.3, 0.4) is 0 Å². The van der Waals surface area contributed by atoms with Gasteiger partial charge in [0.2, 0.25) is 0 Å². The molecule has 0 unspecified atom stereocenters. The molecule has 0 fully saturated rings. The Kier molecular flexibility index (Phi) is 14.0.